The second-order valence-corrected chi connectivity index (χ2v) is 5.25. The number of carbonyl (C=O) groups excluding carboxylic acids is 2. The fourth-order valence-corrected chi connectivity index (χ4v) is 2.46. The first-order valence-corrected chi connectivity index (χ1v) is 7.58. The molecule has 0 aliphatic carbocycles. The van der Waals surface area contributed by atoms with Crippen molar-refractivity contribution in [2.45, 2.75) is 13.8 Å². The molecule has 116 valence electrons. The minimum absolute atomic E-state index is 0.0794. The van der Waals surface area contributed by atoms with Crippen LogP contribution in [-0.4, -0.2) is 31.6 Å². The molecule has 0 radical (unpaired) electrons. The van der Waals surface area contributed by atoms with Crippen LogP contribution in [0, 0.1) is 0 Å². The summed E-state index contributed by atoms with van der Waals surface area (Å²) in [6.45, 7) is 4.46. The van der Waals surface area contributed by atoms with Crippen LogP contribution in [0.4, 0.5) is 10.5 Å². The second-order valence-electron chi connectivity index (χ2n) is 3.96. The van der Waals surface area contributed by atoms with Gasteiger partial charge in [0.1, 0.15) is 0 Å². The van der Waals surface area contributed by atoms with Crippen molar-refractivity contribution < 1.29 is 14.3 Å². The van der Waals surface area contributed by atoms with E-state index in [1.165, 1.54) is 0 Å². The number of halogens is 2. The molecule has 8 heteroatoms. The molecule has 0 fully saturated rings. The maximum atomic E-state index is 11.6. The van der Waals surface area contributed by atoms with Gasteiger partial charge in [0.25, 0.3) is 0 Å². The van der Waals surface area contributed by atoms with Crippen LogP contribution in [0.1, 0.15) is 13.8 Å². The molecular weight excluding hydrogens is 362 g/mol. The molecule has 0 spiro atoms. The molecule has 0 atom stereocenters. The van der Waals surface area contributed by atoms with E-state index in [1.54, 1.807) is 19.1 Å². The molecular formula is C13H17BrClN3O3. The van der Waals surface area contributed by atoms with E-state index in [4.69, 9.17) is 16.3 Å². The van der Waals surface area contributed by atoms with Crippen molar-refractivity contribution in [2.24, 2.45) is 0 Å². The van der Waals surface area contributed by atoms with Crippen molar-refractivity contribution in [3.63, 3.8) is 0 Å². The standard InChI is InChI=1S/C13H17BrClN3O3/c1-3-16-13(20)18-11(19)7-17-10-6-8(15)5-9(14)12(10)21-4-2/h5-6,17H,3-4,7H2,1-2H3,(H2,16,18,19,20). The number of imide groups is 1. The van der Waals surface area contributed by atoms with Crippen molar-refractivity contribution in [3.8, 4) is 5.75 Å². The average molecular weight is 379 g/mol. The highest BCUT2D eigenvalue weighted by Gasteiger charge is 2.12. The van der Waals surface area contributed by atoms with Crippen molar-refractivity contribution in [3.05, 3.63) is 21.6 Å². The zero-order valence-electron chi connectivity index (χ0n) is 11.8. The van der Waals surface area contributed by atoms with Crippen LogP contribution in [-0.2, 0) is 4.79 Å². The molecule has 0 aromatic heterocycles. The van der Waals surface area contributed by atoms with Crippen molar-refractivity contribution in [2.75, 3.05) is 25.0 Å². The Hall–Kier alpha value is -1.47. The number of rotatable bonds is 6. The number of urea groups is 1. The van der Waals surface area contributed by atoms with Gasteiger partial charge in [-0.3, -0.25) is 10.1 Å². The lowest BCUT2D eigenvalue weighted by atomic mass is 10.3. The highest BCUT2D eigenvalue weighted by Crippen LogP contribution is 2.36. The third-order valence-electron chi connectivity index (χ3n) is 2.33. The Morgan fingerprint density at radius 1 is 1.33 bits per heavy atom. The van der Waals surface area contributed by atoms with Crippen molar-refractivity contribution >= 4 is 45.2 Å². The molecule has 1 aromatic carbocycles. The summed E-state index contributed by atoms with van der Waals surface area (Å²) in [4.78, 5) is 22.8. The molecule has 3 N–H and O–H groups in total. The molecule has 21 heavy (non-hydrogen) atoms. The highest BCUT2D eigenvalue weighted by molar-refractivity contribution is 9.10. The molecule has 0 aliphatic rings. The Balaban J connectivity index is 2.70. The molecule has 0 heterocycles. The average Bonchev–Trinajstić information content (AvgIpc) is 2.40. The minimum Gasteiger partial charge on any atom is -0.491 e. The molecule has 0 unspecified atom stereocenters. The van der Waals surface area contributed by atoms with E-state index in [-0.39, 0.29) is 6.54 Å². The van der Waals surface area contributed by atoms with Gasteiger partial charge in [-0.15, -0.1) is 0 Å². The largest absolute Gasteiger partial charge is 0.491 e. The summed E-state index contributed by atoms with van der Waals surface area (Å²) in [6, 6.07) is 2.82. The maximum Gasteiger partial charge on any atom is 0.321 e. The van der Waals surface area contributed by atoms with Gasteiger partial charge in [0, 0.05) is 11.6 Å². The number of hydrogen-bond donors (Lipinski definition) is 3. The summed E-state index contributed by atoms with van der Waals surface area (Å²) in [5.74, 6) is 0.104. The van der Waals surface area contributed by atoms with Crippen LogP contribution in [0.25, 0.3) is 0 Å². The summed E-state index contributed by atoms with van der Waals surface area (Å²) in [7, 11) is 0. The predicted octanol–water partition coefficient (Wildman–Crippen LogP) is 2.76. The van der Waals surface area contributed by atoms with Crippen molar-refractivity contribution in [1.82, 2.24) is 10.6 Å². The van der Waals surface area contributed by atoms with Gasteiger partial charge in [-0.2, -0.15) is 0 Å². The number of carbonyl (C=O) groups is 2. The van der Waals surface area contributed by atoms with Gasteiger partial charge < -0.3 is 15.4 Å². The maximum absolute atomic E-state index is 11.6. The van der Waals surface area contributed by atoms with Crippen LogP contribution in [0.15, 0.2) is 16.6 Å². The van der Waals surface area contributed by atoms with Gasteiger partial charge in [0.05, 0.1) is 23.3 Å². The van der Waals surface area contributed by atoms with Crippen LogP contribution < -0.4 is 20.7 Å². The first kappa shape index (κ1) is 17.6. The first-order valence-electron chi connectivity index (χ1n) is 6.41. The minimum atomic E-state index is -0.526. The molecule has 1 rings (SSSR count). The highest BCUT2D eigenvalue weighted by atomic mass is 79.9. The van der Waals surface area contributed by atoms with Gasteiger partial charge in [0.2, 0.25) is 5.91 Å². The van der Waals surface area contributed by atoms with Gasteiger partial charge in [-0.1, -0.05) is 11.6 Å². The number of amides is 3. The zero-order chi connectivity index (χ0) is 15.8. The van der Waals surface area contributed by atoms with E-state index in [9.17, 15) is 9.59 Å². The molecule has 1 aromatic rings. The van der Waals surface area contributed by atoms with E-state index in [0.717, 1.165) is 0 Å². The van der Waals surface area contributed by atoms with E-state index in [0.29, 0.717) is 34.1 Å². The zero-order valence-corrected chi connectivity index (χ0v) is 14.1. The van der Waals surface area contributed by atoms with Gasteiger partial charge in [-0.25, -0.2) is 4.79 Å². The normalized spacial score (nSPS) is 9.90. The quantitative estimate of drug-likeness (QED) is 0.711. The number of nitrogens with one attached hydrogen (secondary N) is 3. The van der Waals surface area contributed by atoms with Gasteiger partial charge in [-0.05, 0) is 41.9 Å². The molecule has 3 amide bonds. The Morgan fingerprint density at radius 2 is 2.05 bits per heavy atom. The SMILES string of the molecule is CCNC(=O)NC(=O)CNc1cc(Cl)cc(Br)c1OCC. The molecule has 0 saturated carbocycles. The second kappa shape index (κ2) is 8.74. The van der Waals surface area contributed by atoms with Crippen LogP contribution >= 0.6 is 27.5 Å². The summed E-state index contributed by atoms with van der Waals surface area (Å²) in [5, 5.41) is 8.06. The third-order valence-corrected chi connectivity index (χ3v) is 3.13. The molecule has 0 bridgehead atoms. The van der Waals surface area contributed by atoms with Gasteiger partial charge >= 0.3 is 6.03 Å². The van der Waals surface area contributed by atoms with E-state index < -0.39 is 11.9 Å². The first-order chi connectivity index (χ1) is 9.97. The monoisotopic (exact) mass is 377 g/mol. The summed E-state index contributed by atoms with van der Waals surface area (Å²) in [6.07, 6.45) is 0. The Bertz CT molecular complexity index is 526. The predicted molar refractivity (Wildman–Crippen MR) is 86.0 cm³/mol. The number of ether oxygens (including phenoxy) is 1. The fourth-order valence-electron chi connectivity index (χ4n) is 1.53. The van der Waals surface area contributed by atoms with E-state index >= 15 is 0 Å². The van der Waals surface area contributed by atoms with Gasteiger partial charge in [0.15, 0.2) is 5.75 Å². The molecule has 0 saturated heterocycles. The lowest BCUT2D eigenvalue weighted by Gasteiger charge is -2.14. The Morgan fingerprint density at radius 3 is 2.67 bits per heavy atom. The summed E-state index contributed by atoms with van der Waals surface area (Å²) >= 11 is 9.33. The third kappa shape index (κ3) is 5.81. The lowest BCUT2D eigenvalue weighted by molar-refractivity contribution is -0.118. The van der Waals surface area contributed by atoms with Crippen LogP contribution in [0.5, 0.6) is 5.75 Å². The number of benzene rings is 1. The van der Waals surface area contributed by atoms with Crippen LogP contribution in [0.3, 0.4) is 0 Å². The van der Waals surface area contributed by atoms with Crippen molar-refractivity contribution in [1.29, 1.82) is 0 Å². The fraction of sp³-hybridized carbons (Fsp3) is 0.385. The number of hydrogen-bond acceptors (Lipinski definition) is 4. The summed E-state index contributed by atoms with van der Waals surface area (Å²) in [5.41, 5.74) is 0.572. The molecule has 6 nitrogen and oxygen atoms in total. The summed E-state index contributed by atoms with van der Waals surface area (Å²) < 4.78 is 6.18. The molecule has 0 aliphatic heterocycles. The lowest BCUT2D eigenvalue weighted by Crippen LogP contribution is -2.41. The smallest absolute Gasteiger partial charge is 0.321 e. The van der Waals surface area contributed by atoms with E-state index in [2.05, 4.69) is 31.9 Å². The van der Waals surface area contributed by atoms with E-state index in [1.807, 2.05) is 6.92 Å². The Labute approximate surface area is 136 Å². The van der Waals surface area contributed by atoms with Crippen LogP contribution in [0.2, 0.25) is 5.02 Å². The topological polar surface area (TPSA) is 79.5 Å². The Kier molecular flexibility index (Phi) is 7.31. The number of anilines is 1.